The van der Waals surface area contributed by atoms with Crippen LogP contribution >= 0.6 is 0 Å². The zero-order valence-corrected chi connectivity index (χ0v) is 7.20. The number of hydrogen-bond donors (Lipinski definition) is 2. The van der Waals surface area contributed by atoms with Crippen molar-refractivity contribution in [2.75, 3.05) is 0 Å². The number of aromatic nitrogens is 2. The van der Waals surface area contributed by atoms with E-state index in [1.54, 1.807) is 0 Å². The molecule has 66 valence electrons. The summed E-state index contributed by atoms with van der Waals surface area (Å²) in [6.07, 6.45) is 1.33. The molecule has 1 rings (SSSR count). The van der Waals surface area contributed by atoms with Crippen LogP contribution in [-0.4, -0.2) is 21.2 Å². The predicted molar refractivity (Wildman–Crippen MR) is 46.5 cm³/mol. The number of H-pyrrole nitrogens is 1. The number of nitriles is 1. The van der Waals surface area contributed by atoms with E-state index < -0.39 is 6.10 Å². The number of aromatic amines is 1. The van der Waals surface area contributed by atoms with Crippen molar-refractivity contribution >= 4 is 0 Å². The van der Waals surface area contributed by atoms with Gasteiger partial charge in [-0.2, -0.15) is 5.26 Å². The van der Waals surface area contributed by atoms with Gasteiger partial charge in [0.25, 0.3) is 0 Å². The van der Waals surface area contributed by atoms with Crippen molar-refractivity contribution in [3.63, 3.8) is 0 Å². The lowest BCUT2D eigenvalue weighted by molar-refractivity contribution is 0.228. The normalized spacial score (nSPS) is 11.2. The summed E-state index contributed by atoms with van der Waals surface area (Å²) in [5.74, 6) is 5.25. The predicted octanol–water partition coefficient (Wildman–Crippen LogP) is 0.404. The van der Waals surface area contributed by atoms with Crippen LogP contribution in [0.4, 0.5) is 0 Å². The van der Waals surface area contributed by atoms with Crippen LogP contribution in [0.15, 0.2) is 6.33 Å². The highest BCUT2D eigenvalue weighted by Crippen LogP contribution is 1.98. The Morgan fingerprint density at radius 1 is 1.77 bits per heavy atom. The van der Waals surface area contributed by atoms with E-state index in [1.807, 2.05) is 13.0 Å². The first kappa shape index (κ1) is 9.31. The number of imidazole rings is 1. The van der Waals surface area contributed by atoms with Crippen molar-refractivity contribution in [1.29, 1.82) is 5.26 Å². The molecular weight excluding hydrogens is 166 g/mol. The molecule has 0 radical (unpaired) electrons. The number of hydrogen-bond acceptors (Lipinski definition) is 3. The minimum Gasteiger partial charge on any atom is -0.380 e. The van der Waals surface area contributed by atoms with E-state index in [-0.39, 0.29) is 5.69 Å². The van der Waals surface area contributed by atoms with Crippen molar-refractivity contribution in [3.05, 3.63) is 17.7 Å². The van der Waals surface area contributed by atoms with Crippen molar-refractivity contribution < 1.29 is 5.11 Å². The summed E-state index contributed by atoms with van der Waals surface area (Å²) in [6, 6.07) is 1.89. The van der Waals surface area contributed by atoms with E-state index in [2.05, 4.69) is 21.8 Å². The Labute approximate surface area is 76.2 Å². The van der Waals surface area contributed by atoms with Gasteiger partial charge in [-0.15, -0.1) is 0 Å². The summed E-state index contributed by atoms with van der Waals surface area (Å²) in [4.78, 5) is 6.46. The summed E-state index contributed by atoms with van der Waals surface area (Å²) in [5, 5.41) is 17.7. The van der Waals surface area contributed by atoms with Crippen LogP contribution in [0.1, 0.15) is 24.7 Å². The van der Waals surface area contributed by atoms with Crippen LogP contribution in [-0.2, 0) is 0 Å². The smallest absolute Gasteiger partial charge is 0.174 e. The Morgan fingerprint density at radius 2 is 2.54 bits per heavy atom. The molecule has 1 unspecified atom stereocenters. The lowest BCUT2D eigenvalue weighted by Gasteiger charge is -1.93. The lowest BCUT2D eigenvalue weighted by Crippen LogP contribution is -1.99. The highest BCUT2D eigenvalue weighted by molar-refractivity contribution is 5.39. The summed E-state index contributed by atoms with van der Waals surface area (Å²) >= 11 is 0. The molecule has 0 bridgehead atoms. The molecule has 0 aliphatic rings. The number of nitrogens with zero attached hydrogens (tertiary/aromatic N) is 2. The third-order valence-corrected chi connectivity index (χ3v) is 1.50. The molecule has 1 aromatic heterocycles. The minimum atomic E-state index is -0.644. The summed E-state index contributed by atoms with van der Waals surface area (Å²) in [5.41, 5.74) is 0.714. The second kappa shape index (κ2) is 4.30. The van der Waals surface area contributed by atoms with E-state index in [4.69, 9.17) is 10.4 Å². The highest BCUT2D eigenvalue weighted by Gasteiger charge is 2.00. The number of aliphatic hydroxyl groups excluding tert-OH is 1. The van der Waals surface area contributed by atoms with Gasteiger partial charge in [0.1, 0.15) is 17.9 Å². The number of aliphatic hydroxyl groups is 1. The lowest BCUT2D eigenvalue weighted by atomic mass is 10.2. The Hall–Kier alpha value is -1.78. The van der Waals surface area contributed by atoms with Crippen LogP contribution < -0.4 is 0 Å². The molecule has 13 heavy (non-hydrogen) atoms. The topological polar surface area (TPSA) is 72.7 Å². The molecule has 2 N–H and O–H groups in total. The molecule has 4 heteroatoms. The van der Waals surface area contributed by atoms with Crippen LogP contribution in [0.3, 0.4) is 0 Å². The fourth-order valence-electron chi connectivity index (χ4n) is 0.732. The van der Waals surface area contributed by atoms with Crippen molar-refractivity contribution in [1.82, 2.24) is 9.97 Å². The molecule has 1 atom stereocenters. The van der Waals surface area contributed by atoms with Gasteiger partial charge in [0, 0.05) is 0 Å². The van der Waals surface area contributed by atoms with Crippen LogP contribution in [0.2, 0.25) is 0 Å². The van der Waals surface area contributed by atoms with Gasteiger partial charge in [-0.3, -0.25) is 0 Å². The quantitative estimate of drug-likeness (QED) is 0.607. The van der Waals surface area contributed by atoms with Crippen molar-refractivity contribution in [2.24, 2.45) is 0 Å². The first-order valence-corrected chi connectivity index (χ1v) is 3.91. The third kappa shape index (κ3) is 2.33. The monoisotopic (exact) mass is 175 g/mol. The summed E-state index contributed by atoms with van der Waals surface area (Å²) in [7, 11) is 0. The second-order valence-corrected chi connectivity index (χ2v) is 2.43. The maximum atomic E-state index is 9.13. The van der Waals surface area contributed by atoms with E-state index in [0.717, 1.165) is 0 Å². The minimum absolute atomic E-state index is 0.260. The van der Waals surface area contributed by atoms with Gasteiger partial charge in [-0.25, -0.2) is 4.98 Å². The van der Waals surface area contributed by atoms with Gasteiger partial charge < -0.3 is 10.1 Å². The molecule has 0 fully saturated rings. The van der Waals surface area contributed by atoms with E-state index in [9.17, 15) is 0 Å². The molecule has 0 amide bonds. The first-order chi connectivity index (χ1) is 6.27. The van der Waals surface area contributed by atoms with Gasteiger partial charge in [-0.1, -0.05) is 12.8 Å². The largest absolute Gasteiger partial charge is 0.380 e. The third-order valence-electron chi connectivity index (χ3n) is 1.50. The Bertz CT molecular complexity index is 378. The fraction of sp³-hybridized carbons (Fsp3) is 0.333. The van der Waals surface area contributed by atoms with Crippen LogP contribution in [0.5, 0.6) is 0 Å². The van der Waals surface area contributed by atoms with Gasteiger partial charge >= 0.3 is 0 Å². The average Bonchev–Trinajstić information content (AvgIpc) is 2.61. The molecular formula is C9H9N3O. The van der Waals surface area contributed by atoms with E-state index >= 15 is 0 Å². The number of rotatable bonds is 1. The van der Waals surface area contributed by atoms with Gasteiger partial charge in [-0.05, 0) is 12.3 Å². The number of nitrogens with one attached hydrogen (secondary N) is 1. The Morgan fingerprint density at radius 3 is 3.15 bits per heavy atom. The SMILES string of the molecule is CCC(O)C#Cc1[nH]cnc1C#N. The molecule has 4 nitrogen and oxygen atoms in total. The molecule has 0 saturated heterocycles. The molecule has 0 aromatic carbocycles. The maximum Gasteiger partial charge on any atom is 0.174 e. The standard InChI is InChI=1S/C9H9N3O/c1-2-7(13)3-4-8-9(5-10)12-6-11-8/h6-7,13H,2H2,1H3,(H,11,12). The van der Waals surface area contributed by atoms with E-state index in [0.29, 0.717) is 12.1 Å². The molecule has 1 aromatic rings. The average molecular weight is 175 g/mol. The van der Waals surface area contributed by atoms with Crippen molar-refractivity contribution in [2.45, 2.75) is 19.4 Å². The Balaban J connectivity index is 2.84. The maximum absolute atomic E-state index is 9.13. The summed E-state index contributed by atoms with van der Waals surface area (Å²) in [6.45, 7) is 1.83. The molecule has 0 aliphatic carbocycles. The fourth-order valence-corrected chi connectivity index (χ4v) is 0.732. The zero-order chi connectivity index (χ0) is 9.68. The van der Waals surface area contributed by atoms with E-state index in [1.165, 1.54) is 6.33 Å². The second-order valence-electron chi connectivity index (χ2n) is 2.43. The molecule has 1 heterocycles. The van der Waals surface area contributed by atoms with Crippen LogP contribution in [0, 0.1) is 23.2 Å². The first-order valence-electron chi connectivity index (χ1n) is 3.91. The molecule has 0 spiro atoms. The zero-order valence-electron chi connectivity index (χ0n) is 7.20. The van der Waals surface area contributed by atoms with Gasteiger partial charge in [0.05, 0.1) is 6.33 Å². The summed E-state index contributed by atoms with van der Waals surface area (Å²) < 4.78 is 0. The van der Waals surface area contributed by atoms with Crippen molar-refractivity contribution in [3.8, 4) is 17.9 Å². The van der Waals surface area contributed by atoms with Crippen LogP contribution in [0.25, 0.3) is 0 Å². The van der Waals surface area contributed by atoms with Gasteiger partial charge in [0.2, 0.25) is 0 Å². The molecule has 0 saturated carbocycles. The van der Waals surface area contributed by atoms with Gasteiger partial charge in [0.15, 0.2) is 5.69 Å². The molecule has 0 aliphatic heterocycles. The Kier molecular flexibility index (Phi) is 3.08. The highest BCUT2D eigenvalue weighted by atomic mass is 16.3.